The average Bonchev–Trinajstić information content (AvgIpc) is 3.31. The van der Waals surface area contributed by atoms with E-state index in [0.29, 0.717) is 32.3 Å². The van der Waals surface area contributed by atoms with Gasteiger partial charge in [-0.25, -0.2) is 4.98 Å². The van der Waals surface area contributed by atoms with E-state index in [0.717, 1.165) is 29.9 Å². The summed E-state index contributed by atoms with van der Waals surface area (Å²) in [4.78, 5) is 19.1. The van der Waals surface area contributed by atoms with E-state index in [2.05, 4.69) is 10.3 Å². The zero-order valence-electron chi connectivity index (χ0n) is 12.3. The summed E-state index contributed by atoms with van der Waals surface area (Å²) >= 11 is 0. The van der Waals surface area contributed by atoms with Crippen LogP contribution < -0.4 is 16.0 Å². The summed E-state index contributed by atoms with van der Waals surface area (Å²) in [6.45, 7) is 4.03. The van der Waals surface area contributed by atoms with Crippen molar-refractivity contribution in [3.63, 3.8) is 0 Å². The first-order valence-corrected chi connectivity index (χ1v) is 7.50. The van der Waals surface area contributed by atoms with Gasteiger partial charge in [-0.3, -0.25) is 4.79 Å². The number of aryl methyl sites for hydroxylation is 1. The van der Waals surface area contributed by atoms with Gasteiger partial charge in [0.2, 0.25) is 5.91 Å². The smallest absolute Gasteiger partial charge is 0.245 e. The molecule has 1 aromatic heterocycles. The molecule has 3 N–H and O–H groups in total. The Bertz CT molecular complexity index is 530. The predicted octanol–water partition coefficient (Wildman–Crippen LogP) is 0.333. The minimum absolute atomic E-state index is 0.0310. The maximum absolute atomic E-state index is 12.4. The van der Waals surface area contributed by atoms with Crippen molar-refractivity contribution in [1.82, 2.24) is 10.3 Å². The molecular formula is C15H22N4O2. The lowest BCUT2D eigenvalue weighted by molar-refractivity contribution is -0.124. The highest BCUT2D eigenvalue weighted by Crippen LogP contribution is 2.24. The number of carbonyl (C=O) groups is 1. The first-order chi connectivity index (χ1) is 10.2. The molecule has 6 heteroatoms. The highest BCUT2D eigenvalue weighted by atomic mass is 16.5. The third kappa shape index (κ3) is 3.16. The molecule has 1 aliphatic heterocycles. The molecule has 0 radical (unpaired) electrons. The molecule has 1 amide bonds. The van der Waals surface area contributed by atoms with E-state index < -0.39 is 0 Å². The van der Waals surface area contributed by atoms with Gasteiger partial charge in [0, 0.05) is 30.4 Å². The SMILES string of the molecule is Cc1ccc(CN)c(N2CCOCC2C(=O)NC2CC2)n1. The zero-order valence-corrected chi connectivity index (χ0v) is 12.3. The normalized spacial score (nSPS) is 22.2. The van der Waals surface area contributed by atoms with Crippen LogP contribution in [0.25, 0.3) is 0 Å². The molecule has 0 bridgehead atoms. The summed E-state index contributed by atoms with van der Waals surface area (Å²) < 4.78 is 5.50. The summed E-state index contributed by atoms with van der Waals surface area (Å²) in [6.07, 6.45) is 2.16. The Morgan fingerprint density at radius 3 is 3.05 bits per heavy atom. The number of hydrogen-bond acceptors (Lipinski definition) is 5. The summed E-state index contributed by atoms with van der Waals surface area (Å²) in [6, 6.07) is 3.97. The number of anilines is 1. The van der Waals surface area contributed by atoms with Gasteiger partial charge >= 0.3 is 0 Å². The van der Waals surface area contributed by atoms with E-state index in [4.69, 9.17) is 10.5 Å². The largest absolute Gasteiger partial charge is 0.377 e. The van der Waals surface area contributed by atoms with Crippen molar-refractivity contribution < 1.29 is 9.53 Å². The van der Waals surface area contributed by atoms with Crippen molar-refractivity contribution in [2.24, 2.45) is 5.73 Å². The van der Waals surface area contributed by atoms with Gasteiger partial charge in [0.15, 0.2) is 0 Å². The number of carbonyl (C=O) groups excluding carboxylic acids is 1. The average molecular weight is 290 g/mol. The van der Waals surface area contributed by atoms with Crippen LogP contribution in [0.2, 0.25) is 0 Å². The maximum Gasteiger partial charge on any atom is 0.245 e. The highest BCUT2D eigenvalue weighted by Gasteiger charge is 2.34. The van der Waals surface area contributed by atoms with Gasteiger partial charge in [0.05, 0.1) is 13.2 Å². The molecule has 1 unspecified atom stereocenters. The van der Waals surface area contributed by atoms with Gasteiger partial charge in [-0.15, -0.1) is 0 Å². The van der Waals surface area contributed by atoms with E-state index >= 15 is 0 Å². The lowest BCUT2D eigenvalue weighted by Crippen LogP contribution is -2.55. The Balaban J connectivity index is 1.86. The standard InChI is InChI=1S/C15H22N4O2/c1-10-2-3-11(8-16)14(17-10)19-6-7-21-9-13(19)15(20)18-12-4-5-12/h2-3,12-13H,4-9,16H2,1H3,(H,18,20). The second kappa shape index (κ2) is 5.99. The fraction of sp³-hybridized carbons (Fsp3) is 0.600. The first-order valence-electron chi connectivity index (χ1n) is 7.50. The van der Waals surface area contributed by atoms with Gasteiger partial charge in [-0.05, 0) is 25.8 Å². The van der Waals surface area contributed by atoms with Crippen LogP contribution in [0.15, 0.2) is 12.1 Å². The number of nitrogens with one attached hydrogen (secondary N) is 1. The number of ether oxygens (including phenoxy) is 1. The van der Waals surface area contributed by atoms with Gasteiger partial charge in [-0.1, -0.05) is 6.07 Å². The minimum Gasteiger partial charge on any atom is -0.377 e. The van der Waals surface area contributed by atoms with Gasteiger partial charge in [0.25, 0.3) is 0 Å². The lowest BCUT2D eigenvalue weighted by Gasteiger charge is -2.36. The number of amides is 1. The Morgan fingerprint density at radius 1 is 1.52 bits per heavy atom. The quantitative estimate of drug-likeness (QED) is 0.835. The Labute approximate surface area is 124 Å². The van der Waals surface area contributed by atoms with Crippen LogP contribution >= 0.6 is 0 Å². The van der Waals surface area contributed by atoms with Crippen LogP contribution in [0.1, 0.15) is 24.1 Å². The van der Waals surface area contributed by atoms with E-state index in [1.807, 2.05) is 24.0 Å². The summed E-state index contributed by atoms with van der Waals surface area (Å²) in [5.74, 6) is 0.847. The molecule has 2 heterocycles. The van der Waals surface area contributed by atoms with Crippen LogP contribution in [-0.2, 0) is 16.1 Å². The Morgan fingerprint density at radius 2 is 2.33 bits per heavy atom. The van der Waals surface area contributed by atoms with Crippen LogP contribution in [-0.4, -0.2) is 42.7 Å². The monoisotopic (exact) mass is 290 g/mol. The third-order valence-electron chi connectivity index (χ3n) is 3.94. The van der Waals surface area contributed by atoms with E-state index in [1.165, 1.54) is 0 Å². The summed E-state index contributed by atoms with van der Waals surface area (Å²) in [7, 11) is 0. The van der Waals surface area contributed by atoms with E-state index in [9.17, 15) is 4.79 Å². The van der Waals surface area contributed by atoms with Crippen LogP contribution in [0.4, 0.5) is 5.82 Å². The molecule has 1 aliphatic carbocycles. The number of nitrogens with zero attached hydrogens (tertiary/aromatic N) is 2. The minimum atomic E-state index is -0.320. The summed E-state index contributed by atoms with van der Waals surface area (Å²) in [5, 5.41) is 3.06. The molecule has 21 heavy (non-hydrogen) atoms. The van der Waals surface area contributed by atoms with E-state index in [-0.39, 0.29) is 11.9 Å². The molecular weight excluding hydrogens is 268 g/mol. The second-order valence-corrected chi connectivity index (χ2v) is 5.71. The molecule has 1 aromatic rings. The molecule has 3 rings (SSSR count). The third-order valence-corrected chi connectivity index (χ3v) is 3.94. The molecule has 1 saturated carbocycles. The Kier molecular flexibility index (Phi) is 4.07. The van der Waals surface area contributed by atoms with Gasteiger partial charge < -0.3 is 20.7 Å². The molecule has 1 saturated heterocycles. The first kappa shape index (κ1) is 14.3. The number of aromatic nitrogens is 1. The second-order valence-electron chi connectivity index (χ2n) is 5.71. The Hall–Kier alpha value is -1.66. The summed E-state index contributed by atoms with van der Waals surface area (Å²) in [5.41, 5.74) is 7.71. The predicted molar refractivity (Wildman–Crippen MR) is 80.0 cm³/mol. The fourth-order valence-electron chi connectivity index (χ4n) is 2.58. The molecule has 2 fully saturated rings. The fourth-order valence-corrected chi connectivity index (χ4v) is 2.58. The van der Waals surface area contributed by atoms with Crippen molar-refractivity contribution in [2.75, 3.05) is 24.7 Å². The van der Waals surface area contributed by atoms with Gasteiger partial charge in [-0.2, -0.15) is 0 Å². The van der Waals surface area contributed by atoms with Crippen molar-refractivity contribution in [2.45, 2.75) is 38.4 Å². The van der Waals surface area contributed by atoms with Gasteiger partial charge in [0.1, 0.15) is 11.9 Å². The van der Waals surface area contributed by atoms with Crippen LogP contribution in [0, 0.1) is 6.92 Å². The van der Waals surface area contributed by atoms with Crippen molar-refractivity contribution >= 4 is 11.7 Å². The lowest BCUT2D eigenvalue weighted by atomic mass is 10.1. The molecule has 0 spiro atoms. The molecule has 114 valence electrons. The molecule has 0 aromatic carbocycles. The maximum atomic E-state index is 12.4. The molecule has 6 nitrogen and oxygen atoms in total. The number of hydrogen-bond donors (Lipinski definition) is 2. The highest BCUT2D eigenvalue weighted by molar-refractivity contribution is 5.86. The van der Waals surface area contributed by atoms with Crippen LogP contribution in [0.5, 0.6) is 0 Å². The molecule has 1 atom stereocenters. The zero-order chi connectivity index (χ0) is 14.8. The van der Waals surface area contributed by atoms with Crippen molar-refractivity contribution in [3.8, 4) is 0 Å². The van der Waals surface area contributed by atoms with Crippen molar-refractivity contribution in [1.29, 1.82) is 0 Å². The van der Waals surface area contributed by atoms with Crippen molar-refractivity contribution in [3.05, 3.63) is 23.4 Å². The molecule has 2 aliphatic rings. The number of pyridine rings is 1. The number of rotatable bonds is 4. The number of morpholine rings is 1. The van der Waals surface area contributed by atoms with E-state index in [1.54, 1.807) is 0 Å². The van der Waals surface area contributed by atoms with Crippen LogP contribution in [0.3, 0.4) is 0 Å². The topological polar surface area (TPSA) is 80.5 Å². The number of nitrogens with two attached hydrogens (primary N) is 1.